The zero-order valence-corrected chi connectivity index (χ0v) is 26.9. The smallest absolute Gasteiger partial charge is 0.419 e. The molecule has 0 atom stereocenters. The highest BCUT2D eigenvalue weighted by Gasteiger charge is 2.38. The number of H-pyrrole nitrogens is 1. The van der Waals surface area contributed by atoms with Gasteiger partial charge in [-0.3, -0.25) is 18.8 Å². The number of nitrogens with one attached hydrogen (secondary N) is 1. The van der Waals surface area contributed by atoms with Gasteiger partial charge in [0, 0.05) is 44.2 Å². The number of hydrogen-bond donors (Lipinski definition) is 2. The molecule has 8 rings (SSSR count). The first kappa shape index (κ1) is 32.6. The van der Waals surface area contributed by atoms with Crippen LogP contribution in [0.4, 0.5) is 23.6 Å². The predicted octanol–water partition coefficient (Wildman–Crippen LogP) is 5.31. The Morgan fingerprint density at radius 3 is 2.37 bits per heavy atom. The third-order valence-corrected chi connectivity index (χ3v) is 9.13. The lowest BCUT2D eigenvalue weighted by molar-refractivity contribution is -0.140. The van der Waals surface area contributed by atoms with Crippen LogP contribution in [0.15, 0.2) is 88.3 Å². The van der Waals surface area contributed by atoms with Crippen LogP contribution in [0, 0.1) is 5.82 Å². The van der Waals surface area contributed by atoms with Crippen LogP contribution in [0.5, 0.6) is 0 Å². The lowest BCUT2D eigenvalue weighted by atomic mass is 9.98. The van der Waals surface area contributed by atoms with Gasteiger partial charge in [-0.05, 0) is 59.2 Å². The van der Waals surface area contributed by atoms with Crippen LogP contribution >= 0.6 is 0 Å². The number of fused-ring (bicyclic) bond motifs is 3. The van der Waals surface area contributed by atoms with Gasteiger partial charge in [-0.25, -0.2) is 14.5 Å². The number of amides is 2. The van der Waals surface area contributed by atoms with E-state index in [1.54, 1.807) is 47.0 Å². The van der Waals surface area contributed by atoms with E-state index in [-0.39, 0.29) is 66.9 Å². The number of carbonyl (C=O) groups excluding carboxylic acids is 2. The molecule has 262 valence electrons. The molecule has 0 spiro atoms. The van der Waals surface area contributed by atoms with Crippen molar-refractivity contribution in [1.29, 1.82) is 0 Å². The number of benzene rings is 3. The van der Waals surface area contributed by atoms with Gasteiger partial charge in [0.15, 0.2) is 5.58 Å². The molecule has 12 nitrogen and oxygen atoms in total. The van der Waals surface area contributed by atoms with Gasteiger partial charge < -0.3 is 20.0 Å². The largest absolute Gasteiger partial charge is 0.424 e. The predicted molar refractivity (Wildman–Crippen MR) is 181 cm³/mol. The SMILES string of the molecule is Nc1nc2cc(-c3ccc4ncc(C(=O)N5CCN(C(=O)c6cc(Cc7n[nH]c(=O)c8ccccc78)cc(C(F)(F)F)c6F)CC5)n4c3)ccc2o1. The lowest BCUT2D eigenvalue weighted by Gasteiger charge is -2.35. The maximum absolute atomic E-state index is 15.5. The number of hydrogen-bond acceptors (Lipinski definition) is 8. The average molecular weight is 711 g/mol. The molecular weight excluding hydrogens is 684 g/mol. The fourth-order valence-corrected chi connectivity index (χ4v) is 6.53. The van der Waals surface area contributed by atoms with Crippen molar-refractivity contribution in [2.75, 3.05) is 31.9 Å². The van der Waals surface area contributed by atoms with Gasteiger partial charge >= 0.3 is 6.18 Å². The summed E-state index contributed by atoms with van der Waals surface area (Å²) >= 11 is 0. The van der Waals surface area contributed by atoms with Crippen LogP contribution in [-0.4, -0.2) is 72.4 Å². The number of aromatic nitrogens is 5. The highest BCUT2D eigenvalue weighted by Crippen LogP contribution is 2.35. The Morgan fingerprint density at radius 1 is 0.904 bits per heavy atom. The second-order valence-corrected chi connectivity index (χ2v) is 12.3. The van der Waals surface area contributed by atoms with E-state index in [1.807, 2.05) is 18.2 Å². The van der Waals surface area contributed by atoms with E-state index < -0.39 is 34.6 Å². The number of nitrogen functional groups attached to an aromatic ring is 1. The number of carbonyl (C=O) groups is 2. The second-order valence-electron chi connectivity index (χ2n) is 12.3. The monoisotopic (exact) mass is 710 g/mol. The zero-order valence-electron chi connectivity index (χ0n) is 26.9. The zero-order chi connectivity index (χ0) is 36.3. The van der Waals surface area contributed by atoms with Crippen molar-refractivity contribution in [2.45, 2.75) is 12.6 Å². The molecule has 0 bridgehead atoms. The summed E-state index contributed by atoms with van der Waals surface area (Å²) in [5, 5.41) is 7.05. The number of nitrogens with two attached hydrogens (primary N) is 1. The highest BCUT2D eigenvalue weighted by atomic mass is 19.4. The molecule has 4 aromatic heterocycles. The Kier molecular flexibility index (Phi) is 7.73. The minimum absolute atomic E-state index is 0.0207. The summed E-state index contributed by atoms with van der Waals surface area (Å²) in [6, 6.07) is 17.2. The molecule has 1 fully saturated rings. The molecule has 1 saturated heterocycles. The second kappa shape index (κ2) is 12.3. The fraction of sp³-hybridized carbons (Fsp3) is 0.167. The van der Waals surface area contributed by atoms with Crippen molar-refractivity contribution in [2.24, 2.45) is 0 Å². The summed E-state index contributed by atoms with van der Waals surface area (Å²) < 4.78 is 64.6. The number of piperazine rings is 1. The van der Waals surface area contributed by atoms with Crippen LogP contribution in [-0.2, 0) is 12.6 Å². The van der Waals surface area contributed by atoms with Gasteiger partial charge in [0.2, 0.25) is 0 Å². The molecule has 52 heavy (non-hydrogen) atoms. The molecule has 0 unspecified atom stereocenters. The molecule has 0 saturated carbocycles. The third kappa shape index (κ3) is 5.76. The number of nitrogens with zero attached hydrogens (tertiary/aromatic N) is 6. The third-order valence-electron chi connectivity index (χ3n) is 9.13. The van der Waals surface area contributed by atoms with E-state index in [0.717, 1.165) is 17.2 Å². The van der Waals surface area contributed by atoms with Crippen LogP contribution in [0.3, 0.4) is 0 Å². The van der Waals surface area contributed by atoms with Crippen molar-refractivity contribution in [1.82, 2.24) is 34.4 Å². The van der Waals surface area contributed by atoms with E-state index in [1.165, 1.54) is 16.0 Å². The standard InChI is InChI=1S/C36H26F4N8O4/c37-31-24(13-19(14-25(31)36(38,39)40)15-26-22-3-1-2-4-23(22)32(49)45-44-26)33(50)46-9-11-47(12-10-46)34(51)28-17-42-30-8-6-21(18-48(28)30)20-5-7-29-27(16-20)43-35(41)52-29/h1-8,13-14,16-18H,9-12,15H2,(H2,41,43)(H,45,49). The molecule has 0 aliphatic carbocycles. The van der Waals surface area contributed by atoms with Crippen molar-refractivity contribution in [3.05, 3.63) is 123 Å². The van der Waals surface area contributed by atoms with Crippen molar-refractivity contribution in [3.63, 3.8) is 0 Å². The normalized spacial score (nSPS) is 13.8. The minimum atomic E-state index is -5.09. The van der Waals surface area contributed by atoms with Crippen molar-refractivity contribution < 1.29 is 31.6 Å². The first-order valence-corrected chi connectivity index (χ1v) is 16.0. The van der Waals surface area contributed by atoms with Gasteiger partial charge in [-0.1, -0.05) is 24.3 Å². The molecular formula is C36H26F4N8O4. The van der Waals surface area contributed by atoms with Gasteiger partial charge in [-0.15, -0.1) is 0 Å². The Hall–Kier alpha value is -6.58. The maximum Gasteiger partial charge on any atom is 0.419 e. The van der Waals surface area contributed by atoms with Crippen LogP contribution < -0.4 is 11.3 Å². The Labute approximate surface area is 290 Å². The van der Waals surface area contributed by atoms with Crippen LogP contribution in [0.1, 0.15) is 37.7 Å². The number of aromatic amines is 1. The van der Waals surface area contributed by atoms with Crippen molar-refractivity contribution in [3.8, 4) is 11.1 Å². The van der Waals surface area contributed by atoms with Gasteiger partial charge in [0.25, 0.3) is 23.4 Å². The number of halogens is 4. The molecule has 1 aliphatic rings. The Bertz CT molecular complexity index is 2620. The van der Waals surface area contributed by atoms with E-state index in [4.69, 9.17) is 10.2 Å². The molecule has 2 amide bonds. The minimum Gasteiger partial charge on any atom is -0.424 e. The van der Waals surface area contributed by atoms with E-state index in [9.17, 15) is 27.6 Å². The van der Waals surface area contributed by atoms with Crippen LogP contribution in [0.2, 0.25) is 0 Å². The molecule has 1 aliphatic heterocycles. The van der Waals surface area contributed by atoms with Gasteiger partial charge in [-0.2, -0.15) is 23.3 Å². The summed E-state index contributed by atoms with van der Waals surface area (Å²) in [6.07, 6.45) is -2.10. The van der Waals surface area contributed by atoms with Crippen LogP contribution in [0.25, 0.3) is 38.6 Å². The van der Waals surface area contributed by atoms with E-state index in [0.29, 0.717) is 28.2 Å². The van der Waals surface area contributed by atoms with E-state index in [2.05, 4.69) is 20.2 Å². The molecule has 3 N–H and O–H groups in total. The number of imidazole rings is 1. The van der Waals surface area contributed by atoms with Crippen molar-refractivity contribution >= 4 is 45.3 Å². The topological polar surface area (TPSA) is 156 Å². The fourth-order valence-electron chi connectivity index (χ4n) is 6.53. The number of anilines is 1. The number of alkyl halides is 3. The Morgan fingerprint density at radius 2 is 1.62 bits per heavy atom. The summed E-state index contributed by atoms with van der Waals surface area (Å²) in [4.78, 5) is 50.8. The van der Waals surface area contributed by atoms with E-state index >= 15 is 4.39 Å². The first-order valence-electron chi connectivity index (χ1n) is 16.0. The Balaban J connectivity index is 1.02. The lowest BCUT2D eigenvalue weighted by Crippen LogP contribution is -2.51. The number of oxazole rings is 1. The molecule has 7 aromatic rings. The maximum atomic E-state index is 15.5. The highest BCUT2D eigenvalue weighted by molar-refractivity contribution is 5.96. The van der Waals surface area contributed by atoms with Gasteiger partial charge in [0.05, 0.1) is 28.4 Å². The number of rotatable bonds is 5. The molecule has 16 heteroatoms. The quantitative estimate of drug-likeness (QED) is 0.228. The van der Waals surface area contributed by atoms with Gasteiger partial charge in [0.1, 0.15) is 22.7 Å². The first-order chi connectivity index (χ1) is 24.9. The summed E-state index contributed by atoms with van der Waals surface area (Å²) in [6.45, 7) is -0.0139. The summed E-state index contributed by atoms with van der Waals surface area (Å²) in [5.74, 6) is -3.00. The average Bonchev–Trinajstić information content (AvgIpc) is 3.74. The summed E-state index contributed by atoms with van der Waals surface area (Å²) in [5.41, 5.74) is 6.56. The molecule has 3 aromatic carbocycles. The molecule has 0 radical (unpaired) electrons. The number of pyridine rings is 1. The summed E-state index contributed by atoms with van der Waals surface area (Å²) in [7, 11) is 0. The molecule has 5 heterocycles.